The summed E-state index contributed by atoms with van der Waals surface area (Å²) in [5, 5.41) is 12.5. The molecule has 1 heterocycles. The Labute approximate surface area is 126 Å². The molecule has 0 bridgehead atoms. The first-order chi connectivity index (χ1) is 9.60. The minimum absolute atomic E-state index is 0.0677. The summed E-state index contributed by atoms with van der Waals surface area (Å²) in [5.41, 5.74) is 0.840. The standard InChI is InChI=1S/C13H16N4OS2/c1-9-15-16-13(20-9)17(2)8-12(18)14-10-6-4-5-7-11(10)19-3/h4-7H,8H2,1-3H3,(H,14,18). The number of likely N-dealkylation sites (N-methyl/N-ethyl adjacent to an activating group) is 1. The summed E-state index contributed by atoms with van der Waals surface area (Å²) in [6.07, 6.45) is 1.99. The van der Waals surface area contributed by atoms with Gasteiger partial charge in [-0.2, -0.15) is 0 Å². The van der Waals surface area contributed by atoms with Gasteiger partial charge in [0.05, 0.1) is 12.2 Å². The van der Waals surface area contributed by atoms with Crippen LogP contribution in [-0.2, 0) is 4.79 Å². The van der Waals surface area contributed by atoms with E-state index in [9.17, 15) is 4.79 Å². The van der Waals surface area contributed by atoms with Crippen molar-refractivity contribution in [2.75, 3.05) is 30.1 Å². The molecule has 0 aliphatic carbocycles. The highest BCUT2D eigenvalue weighted by molar-refractivity contribution is 7.98. The van der Waals surface area contributed by atoms with Crippen LogP contribution in [0.4, 0.5) is 10.8 Å². The van der Waals surface area contributed by atoms with E-state index in [1.807, 2.05) is 44.5 Å². The number of hydrogen-bond donors (Lipinski definition) is 1. The molecule has 0 radical (unpaired) electrons. The Kier molecular flexibility index (Phi) is 4.97. The van der Waals surface area contributed by atoms with Gasteiger partial charge in [0.15, 0.2) is 0 Å². The summed E-state index contributed by atoms with van der Waals surface area (Å²) in [5.74, 6) is -0.0677. The molecule has 0 aliphatic rings. The van der Waals surface area contributed by atoms with Gasteiger partial charge in [-0.25, -0.2) is 0 Å². The molecule has 1 aromatic heterocycles. The number of rotatable bonds is 5. The maximum atomic E-state index is 12.1. The van der Waals surface area contributed by atoms with Crippen LogP contribution in [0.15, 0.2) is 29.2 Å². The average Bonchev–Trinajstić information content (AvgIpc) is 2.86. The van der Waals surface area contributed by atoms with Gasteiger partial charge < -0.3 is 10.2 Å². The molecule has 0 fully saturated rings. The quantitative estimate of drug-likeness (QED) is 0.861. The number of thioether (sulfide) groups is 1. The maximum absolute atomic E-state index is 12.1. The van der Waals surface area contributed by atoms with Crippen LogP contribution in [0, 0.1) is 6.92 Å². The summed E-state index contributed by atoms with van der Waals surface area (Å²) in [4.78, 5) is 14.9. The smallest absolute Gasteiger partial charge is 0.243 e. The second-order valence-corrected chi connectivity index (χ2v) is 6.22. The number of nitrogens with one attached hydrogen (secondary N) is 1. The zero-order valence-electron chi connectivity index (χ0n) is 11.6. The molecule has 2 aromatic rings. The lowest BCUT2D eigenvalue weighted by Crippen LogP contribution is -2.30. The lowest BCUT2D eigenvalue weighted by atomic mass is 10.3. The van der Waals surface area contributed by atoms with Gasteiger partial charge in [0, 0.05) is 11.9 Å². The van der Waals surface area contributed by atoms with Crippen molar-refractivity contribution in [3.63, 3.8) is 0 Å². The summed E-state index contributed by atoms with van der Waals surface area (Å²) >= 11 is 3.08. The minimum atomic E-state index is -0.0677. The van der Waals surface area contributed by atoms with E-state index < -0.39 is 0 Å². The zero-order valence-corrected chi connectivity index (χ0v) is 13.2. The molecule has 0 atom stereocenters. The third-order valence-electron chi connectivity index (χ3n) is 2.60. The zero-order chi connectivity index (χ0) is 14.5. The Balaban J connectivity index is 1.98. The fourth-order valence-corrected chi connectivity index (χ4v) is 2.86. The molecule has 1 amide bonds. The summed E-state index contributed by atoms with van der Waals surface area (Å²) in [6.45, 7) is 2.14. The van der Waals surface area contributed by atoms with Crippen molar-refractivity contribution in [2.45, 2.75) is 11.8 Å². The molecule has 0 saturated heterocycles. The third-order valence-corrected chi connectivity index (χ3v) is 4.35. The number of hydrogen-bond acceptors (Lipinski definition) is 6. The van der Waals surface area contributed by atoms with E-state index in [2.05, 4.69) is 15.5 Å². The Morgan fingerprint density at radius 3 is 2.80 bits per heavy atom. The predicted octanol–water partition coefficient (Wildman–Crippen LogP) is 2.64. The normalized spacial score (nSPS) is 10.3. The second kappa shape index (κ2) is 6.71. The number of para-hydroxylation sites is 1. The molecule has 0 spiro atoms. The summed E-state index contributed by atoms with van der Waals surface area (Å²) < 4.78 is 0. The Bertz CT molecular complexity index is 600. The van der Waals surface area contributed by atoms with Gasteiger partial charge in [0.2, 0.25) is 11.0 Å². The fraction of sp³-hybridized carbons (Fsp3) is 0.308. The molecular formula is C13H16N4OS2. The molecular weight excluding hydrogens is 292 g/mol. The number of anilines is 2. The number of amides is 1. The molecule has 0 aliphatic heterocycles. The average molecular weight is 308 g/mol. The molecule has 106 valence electrons. The molecule has 0 saturated carbocycles. The lowest BCUT2D eigenvalue weighted by molar-refractivity contribution is -0.114. The van der Waals surface area contributed by atoms with Crippen molar-refractivity contribution in [1.82, 2.24) is 10.2 Å². The SMILES string of the molecule is CSc1ccccc1NC(=O)CN(C)c1nnc(C)s1. The van der Waals surface area contributed by atoms with Gasteiger partial charge in [-0.05, 0) is 25.3 Å². The number of benzene rings is 1. The van der Waals surface area contributed by atoms with Gasteiger partial charge in [0.1, 0.15) is 5.01 Å². The number of nitrogens with zero attached hydrogens (tertiary/aromatic N) is 3. The van der Waals surface area contributed by atoms with Crippen LogP contribution >= 0.6 is 23.1 Å². The molecule has 1 aromatic carbocycles. The third kappa shape index (κ3) is 3.71. The first-order valence-corrected chi connectivity index (χ1v) is 8.08. The van der Waals surface area contributed by atoms with E-state index >= 15 is 0 Å². The molecule has 5 nitrogen and oxygen atoms in total. The van der Waals surface area contributed by atoms with E-state index in [0.717, 1.165) is 20.7 Å². The van der Waals surface area contributed by atoms with Crippen LogP contribution < -0.4 is 10.2 Å². The van der Waals surface area contributed by atoms with Crippen LogP contribution in [0.25, 0.3) is 0 Å². The Hall–Kier alpha value is -1.60. The van der Waals surface area contributed by atoms with Crippen molar-refractivity contribution >= 4 is 39.8 Å². The predicted molar refractivity (Wildman–Crippen MR) is 84.8 cm³/mol. The van der Waals surface area contributed by atoms with Gasteiger partial charge in [-0.1, -0.05) is 23.5 Å². The highest BCUT2D eigenvalue weighted by Gasteiger charge is 2.12. The first-order valence-electron chi connectivity index (χ1n) is 6.04. The Morgan fingerprint density at radius 1 is 1.40 bits per heavy atom. The number of carbonyl (C=O) groups is 1. The van der Waals surface area contributed by atoms with Crippen LogP contribution in [0.1, 0.15) is 5.01 Å². The fourth-order valence-electron chi connectivity index (χ4n) is 1.66. The van der Waals surface area contributed by atoms with E-state index in [-0.39, 0.29) is 12.5 Å². The van der Waals surface area contributed by atoms with E-state index in [1.54, 1.807) is 16.7 Å². The second-order valence-electron chi connectivity index (χ2n) is 4.21. The minimum Gasteiger partial charge on any atom is -0.340 e. The number of aromatic nitrogens is 2. The Morgan fingerprint density at radius 2 is 2.15 bits per heavy atom. The summed E-state index contributed by atoms with van der Waals surface area (Å²) in [7, 11) is 1.83. The van der Waals surface area contributed by atoms with E-state index in [0.29, 0.717) is 0 Å². The monoisotopic (exact) mass is 308 g/mol. The maximum Gasteiger partial charge on any atom is 0.243 e. The summed E-state index contributed by atoms with van der Waals surface area (Å²) in [6, 6.07) is 7.75. The number of carbonyl (C=O) groups excluding carboxylic acids is 1. The van der Waals surface area contributed by atoms with Gasteiger partial charge in [-0.3, -0.25) is 4.79 Å². The largest absolute Gasteiger partial charge is 0.340 e. The molecule has 1 N–H and O–H groups in total. The molecule has 0 unspecified atom stereocenters. The highest BCUT2D eigenvalue weighted by Crippen LogP contribution is 2.24. The van der Waals surface area contributed by atoms with Crippen molar-refractivity contribution in [2.24, 2.45) is 0 Å². The topological polar surface area (TPSA) is 58.1 Å². The van der Waals surface area contributed by atoms with Crippen molar-refractivity contribution in [3.8, 4) is 0 Å². The molecule has 20 heavy (non-hydrogen) atoms. The lowest BCUT2D eigenvalue weighted by Gasteiger charge is -2.15. The van der Waals surface area contributed by atoms with E-state index in [1.165, 1.54) is 11.3 Å². The van der Waals surface area contributed by atoms with Crippen molar-refractivity contribution in [1.29, 1.82) is 0 Å². The molecule has 2 rings (SSSR count). The van der Waals surface area contributed by atoms with Crippen LogP contribution in [0.2, 0.25) is 0 Å². The van der Waals surface area contributed by atoms with Gasteiger partial charge in [0.25, 0.3) is 0 Å². The van der Waals surface area contributed by atoms with Crippen LogP contribution in [0.5, 0.6) is 0 Å². The van der Waals surface area contributed by atoms with E-state index in [4.69, 9.17) is 0 Å². The van der Waals surface area contributed by atoms with Crippen LogP contribution in [0.3, 0.4) is 0 Å². The number of aryl methyl sites for hydroxylation is 1. The van der Waals surface area contributed by atoms with Gasteiger partial charge >= 0.3 is 0 Å². The molecule has 7 heteroatoms. The van der Waals surface area contributed by atoms with Crippen molar-refractivity contribution < 1.29 is 4.79 Å². The van der Waals surface area contributed by atoms with Gasteiger partial charge in [-0.15, -0.1) is 22.0 Å². The first kappa shape index (κ1) is 14.8. The van der Waals surface area contributed by atoms with Crippen LogP contribution in [-0.4, -0.2) is 36.0 Å². The highest BCUT2D eigenvalue weighted by atomic mass is 32.2. The van der Waals surface area contributed by atoms with Crippen molar-refractivity contribution in [3.05, 3.63) is 29.3 Å².